The van der Waals surface area contributed by atoms with E-state index >= 15 is 0 Å². The van der Waals surface area contributed by atoms with E-state index < -0.39 is 0 Å². The molecule has 0 aromatic carbocycles. The first kappa shape index (κ1) is 8.93. The highest BCUT2D eigenvalue weighted by molar-refractivity contribution is 5.43. The van der Waals surface area contributed by atoms with Crippen molar-refractivity contribution in [2.75, 3.05) is 11.9 Å². The Kier molecular flexibility index (Phi) is 2.30. The van der Waals surface area contributed by atoms with Crippen LogP contribution in [0.4, 0.5) is 5.82 Å². The van der Waals surface area contributed by atoms with Gasteiger partial charge < -0.3 is 5.32 Å². The predicted molar refractivity (Wildman–Crippen MR) is 54.3 cm³/mol. The summed E-state index contributed by atoms with van der Waals surface area (Å²) >= 11 is 0. The largest absolute Gasteiger partial charge is 0.369 e. The highest BCUT2D eigenvalue weighted by Crippen LogP contribution is 2.06. The van der Waals surface area contributed by atoms with Crippen molar-refractivity contribution < 1.29 is 0 Å². The summed E-state index contributed by atoms with van der Waals surface area (Å²) in [7, 11) is 0. The Labute approximate surface area is 82.2 Å². The molecule has 2 aromatic rings. The summed E-state index contributed by atoms with van der Waals surface area (Å²) in [6.45, 7) is 4.94. The van der Waals surface area contributed by atoms with Crippen LogP contribution in [0.5, 0.6) is 0 Å². The lowest BCUT2D eigenvalue weighted by molar-refractivity contribution is 0.823. The molecule has 0 bridgehead atoms. The van der Waals surface area contributed by atoms with Crippen molar-refractivity contribution in [2.24, 2.45) is 0 Å². The Morgan fingerprint density at radius 3 is 2.86 bits per heavy atom. The number of hydrogen-bond donors (Lipinski definition) is 1. The lowest BCUT2D eigenvalue weighted by atomic mass is 10.4. The number of nitrogens with zero attached hydrogens (tertiary/aromatic N) is 4. The van der Waals surface area contributed by atoms with Gasteiger partial charge in [0.2, 0.25) is 0 Å². The van der Waals surface area contributed by atoms with E-state index in [1.807, 2.05) is 26.0 Å². The molecule has 0 amide bonds. The van der Waals surface area contributed by atoms with Crippen LogP contribution in [-0.2, 0) is 6.42 Å². The van der Waals surface area contributed by atoms with Crippen molar-refractivity contribution in [1.29, 1.82) is 0 Å². The van der Waals surface area contributed by atoms with Crippen molar-refractivity contribution in [1.82, 2.24) is 19.8 Å². The fourth-order valence-corrected chi connectivity index (χ4v) is 1.33. The second kappa shape index (κ2) is 3.61. The third-order valence-corrected chi connectivity index (χ3v) is 2.00. The lowest BCUT2D eigenvalue weighted by Gasteiger charge is -2.02. The highest BCUT2D eigenvalue weighted by atomic mass is 15.4. The van der Waals surface area contributed by atoms with Crippen molar-refractivity contribution in [3.05, 3.63) is 18.0 Å². The van der Waals surface area contributed by atoms with Gasteiger partial charge in [0, 0.05) is 13.0 Å². The lowest BCUT2D eigenvalue weighted by Crippen LogP contribution is -2.04. The predicted octanol–water partition coefficient (Wildman–Crippen LogP) is 1.12. The Morgan fingerprint density at radius 1 is 1.29 bits per heavy atom. The van der Waals surface area contributed by atoms with Gasteiger partial charge in [0.05, 0.1) is 0 Å². The molecule has 0 spiro atoms. The molecular weight excluding hydrogens is 178 g/mol. The molecular formula is C9H13N5. The van der Waals surface area contributed by atoms with Gasteiger partial charge in [-0.1, -0.05) is 6.92 Å². The van der Waals surface area contributed by atoms with Crippen molar-refractivity contribution in [3.63, 3.8) is 0 Å². The summed E-state index contributed by atoms with van der Waals surface area (Å²) in [4.78, 5) is 0. The van der Waals surface area contributed by atoms with Crippen LogP contribution in [0.15, 0.2) is 12.1 Å². The van der Waals surface area contributed by atoms with Crippen molar-refractivity contribution in [2.45, 2.75) is 20.3 Å². The third-order valence-electron chi connectivity index (χ3n) is 2.00. The number of hydrogen-bond acceptors (Lipinski definition) is 4. The van der Waals surface area contributed by atoms with E-state index in [0.29, 0.717) is 0 Å². The molecule has 2 rings (SSSR count). The molecule has 0 saturated carbocycles. The van der Waals surface area contributed by atoms with E-state index in [1.54, 1.807) is 4.52 Å². The second-order valence-corrected chi connectivity index (χ2v) is 2.99. The van der Waals surface area contributed by atoms with Crippen LogP contribution in [0, 0.1) is 0 Å². The highest BCUT2D eigenvalue weighted by Gasteiger charge is 2.04. The van der Waals surface area contributed by atoms with Gasteiger partial charge in [0.15, 0.2) is 11.5 Å². The van der Waals surface area contributed by atoms with Crippen LogP contribution in [-0.4, -0.2) is 26.4 Å². The number of anilines is 1. The fraction of sp³-hybridized carbons (Fsp3) is 0.444. The topological polar surface area (TPSA) is 55.1 Å². The molecule has 0 saturated heterocycles. The molecule has 0 atom stereocenters. The SMILES string of the molecule is CCNc1ccc2nnc(CC)n2n1. The monoisotopic (exact) mass is 191 g/mol. The van der Waals surface area contributed by atoms with E-state index in [9.17, 15) is 0 Å². The van der Waals surface area contributed by atoms with E-state index in [2.05, 4.69) is 20.6 Å². The number of aryl methyl sites for hydroxylation is 1. The van der Waals surface area contributed by atoms with Gasteiger partial charge >= 0.3 is 0 Å². The Morgan fingerprint density at radius 2 is 2.14 bits per heavy atom. The van der Waals surface area contributed by atoms with E-state index in [4.69, 9.17) is 0 Å². The number of aromatic nitrogens is 4. The van der Waals surface area contributed by atoms with Gasteiger partial charge in [-0.3, -0.25) is 0 Å². The fourth-order valence-electron chi connectivity index (χ4n) is 1.33. The molecule has 0 aliphatic heterocycles. The first-order valence-electron chi connectivity index (χ1n) is 4.80. The quantitative estimate of drug-likeness (QED) is 0.789. The van der Waals surface area contributed by atoms with Gasteiger partial charge in [-0.25, -0.2) is 0 Å². The summed E-state index contributed by atoms with van der Waals surface area (Å²) in [6, 6.07) is 3.82. The van der Waals surface area contributed by atoms with Crippen molar-refractivity contribution in [3.8, 4) is 0 Å². The average Bonchev–Trinajstić information content (AvgIpc) is 2.60. The number of nitrogens with one attached hydrogen (secondary N) is 1. The van der Waals surface area contributed by atoms with Crippen LogP contribution in [0.2, 0.25) is 0 Å². The summed E-state index contributed by atoms with van der Waals surface area (Å²) in [6.07, 6.45) is 0.837. The van der Waals surface area contributed by atoms with Crippen LogP contribution < -0.4 is 5.32 Å². The zero-order chi connectivity index (χ0) is 9.97. The number of fused-ring (bicyclic) bond motifs is 1. The Bertz CT molecular complexity index is 434. The maximum atomic E-state index is 4.38. The van der Waals surface area contributed by atoms with Gasteiger partial charge in [0.25, 0.3) is 0 Å². The molecule has 1 N–H and O–H groups in total. The molecule has 0 fully saturated rings. The first-order valence-corrected chi connectivity index (χ1v) is 4.80. The van der Waals surface area contributed by atoms with Gasteiger partial charge in [-0.15, -0.1) is 15.3 Å². The van der Waals surface area contributed by atoms with Crippen LogP contribution in [0.1, 0.15) is 19.7 Å². The summed E-state index contributed by atoms with van der Waals surface area (Å²) in [5.41, 5.74) is 0.795. The van der Waals surface area contributed by atoms with Gasteiger partial charge in [-0.2, -0.15) is 4.52 Å². The number of rotatable bonds is 3. The zero-order valence-electron chi connectivity index (χ0n) is 8.36. The maximum absolute atomic E-state index is 4.38. The molecule has 5 heteroatoms. The smallest absolute Gasteiger partial charge is 0.178 e. The zero-order valence-corrected chi connectivity index (χ0v) is 8.36. The average molecular weight is 191 g/mol. The van der Waals surface area contributed by atoms with E-state index in [1.165, 1.54) is 0 Å². The summed E-state index contributed by atoms with van der Waals surface area (Å²) < 4.78 is 1.78. The standard InChI is InChI=1S/C9H13N5/c1-3-8-11-12-9-6-5-7(10-4-2)13-14(8)9/h5-6H,3-4H2,1-2H3,(H,10,13). The van der Waals surface area contributed by atoms with E-state index in [0.717, 1.165) is 30.3 Å². The molecule has 2 heterocycles. The molecule has 2 aromatic heterocycles. The van der Waals surface area contributed by atoms with Crippen molar-refractivity contribution >= 4 is 11.5 Å². The summed E-state index contributed by atoms with van der Waals surface area (Å²) in [5, 5.41) is 15.6. The maximum Gasteiger partial charge on any atom is 0.178 e. The first-order chi connectivity index (χ1) is 6.85. The third kappa shape index (κ3) is 1.41. The Balaban J connectivity index is 2.50. The molecule has 0 aliphatic carbocycles. The molecule has 5 nitrogen and oxygen atoms in total. The molecule has 0 radical (unpaired) electrons. The molecule has 14 heavy (non-hydrogen) atoms. The van der Waals surface area contributed by atoms with Gasteiger partial charge in [0.1, 0.15) is 5.82 Å². The molecule has 0 aliphatic rings. The van der Waals surface area contributed by atoms with Crippen LogP contribution >= 0.6 is 0 Å². The summed E-state index contributed by atoms with van der Waals surface area (Å²) in [5.74, 6) is 1.74. The molecule has 74 valence electrons. The second-order valence-electron chi connectivity index (χ2n) is 2.99. The van der Waals surface area contributed by atoms with Crippen LogP contribution in [0.3, 0.4) is 0 Å². The van der Waals surface area contributed by atoms with E-state index in [-0.39, 0.29) is 0 Å². The molecule has 0 unspecified atom stereocenters. The Hall–Kier alpha value is -1.65. The van der Waals surface area contributed by atoms with Gasteiger partial charge in [-0.05, 0) is 19.1 Å². The van der Waals surface area contributed by atoms with Crippen LogP contribution in [0.25, 0.3) is 5.65 Å². The minimum absolute atomic E-state index is 0.795. The normalized spacial score (nSPS) is 10.7. The minimum Gasteiger partial charge on any atom is -0.369 e. The minimum atomic E-state index is 0.795.